The van der Waals surface area contributed by atoms with Crippen LogP contribution in [0.5, 0.6) is 0 Å². The van der Waals surface area contributed by atoms with E-state index in [0.29, 0.717) is 17.9 Å². The van der Waals surface area contributed by atoms with Crippen LogP contribution in [0, 0.1) is 6.92 Å². The SMILES string of the molecule is Cc1nccn1-c1ccc(CNC(C)C)cc1C(F)(F)F. The van der Waals surface area contributed by atoms with Crippen molar-refractivity contribution in [3.63, 3.8) is 0 Å². The first-order valence-electron chi connectivity index (χ1n) is 6.73. The van der Waals surface area contributed by atoms with Crippen molar-refractivity contribution >= 4 is 0 Å². The van der Waals surface area contributed by atoms with Crippen LogP contribution in [0.3, 0.4) is 0 Å². The molecule has 1 aromatic carbocycles. The molecule has 114 valence electrons. The van der Waals surface area contributed by atoms with Gasteiger partial charge in [-0.1, -0.05) is 19.9 Å². The maximum absolute atomic E-state index is 13.3. The number of benzene rings is 1. The molecule has 0 unspecified atom stereocenters. The molecule has 0 aliphatic rings. The van der Waals surface area contributed by atoms with Crippen molar-refractivity contribution in [1.29, 1.82) is 0 Å². The fourth-order valence-corrected chi connectivity index (χ4v) is 2.08. The summed E-state index contributed by atoms with van der Waals surface area (Å²) in [5, 5.41) is 3.12. The number of halogens is 3. The number of hydrogen-bond acceptors (Lipinski definition) is 2. The second-order valence-electron chi connectivity index (χ2n) is 5.23. The maximum atomic E-state index is 13.3. The molecule has 0 aliphatic heterocycles. The summed E-state index contributed by atoms with van der Waals surface area (Å²) >= 11 is 0. The second kappa shape index (κ2) is 5.89. The summed E-state index contributed by atoms with van der Waals surface area (Å²) in [7, 11) is 0. The van der Waals surface area contributed by atoms with Crippen LogP contribution < -0.4 is 5.32 Å². The topological polar surface area (TPSA) is 29.9 Å². The Bertz CT molecular complexity index is 615. The molecule has 0 saturated carbocycles. The Kier molecular flexibility index (Phi) is 4.37. The van der Waals surface area contributed by atoms with Crippen LogP contribution in [0.15, 0.2) is 30.6 Å². The first-order valence-corrected chi connectivity index (χ1v) is 6.73. The molecule has 0 atom stereocenters. The van der Waals surface area contributed by atoms with E-state index in [2.05, 4.69) is 10.3 Å². The summed E-state index contributed by atoms with van der Waals surface area (Å²) in [6.45, 7) is 5.99. The highest BCUT2D eigenvalue weighted by Gasteiger charge is 2.34. The largest absolute Gasteiger partial charge is 0.418 e. The summed E-state index contributed by atoms with van der Waals surface area (Å²) in [5.41, 5.74) is 0.0648. The van der Waals surface area contributed by atoms with Gasteiger partial charge in [0.2, 0.25) is 0 Å². The van der Waals surface area contributed by atoms with Crippen molar-refractivity contribution in [2.24, 2.45) is 0 Å². The lowest BCUT2D eigenvalue weighted by Gasteiger charge is -2.17. The van der Waals surface area contributed by atoms with Crippen LogP contribution in [0.2, 0.25) is 0 Å². The van der Waals surface area contributed by atoms with Gasteiger partial charge in [-0.15, -0.1) is 0 Å². The third kappa shape index (κ3) is 3.64. The Hall–Kier alpha value is -1.82. The van der Waals surface area contributed by atoms with Crippen LogP contribution >= 0.6 is 0 Å². The van der Waals surface area contributed by atoms with Crippen molar-refractivity contribution in [3.05, 3.63) is 47.5 Å². The number of imidazole rings is 1. The van der Waals surface area contributed by atoms with Crippen LogP contribution in [0.25, 0.3) is 5.69 Å². The quantitative estimate of drug-likeness (QED) is 0.932. The Balaban J connectivity index is 2.44. The van der Waals surface area contributed by atoms with Crippen molar-refractivity contribution < 1.29 is 13.2 Å². The number of aryl methyl sites for hydroxylation is 1. The third-order valence-corrected chi connectivity index (χ3v) is 3.17. The van der Waals surface area contributed by atoms with Gasteiger partial charge in [0.1, 0.15) is 5.82 Å². The van der Waals surface area contributed by atoms with Gasteiger partial charge in [0, 0.05) is 25.0 Å². The zero-order chi connectivity index (χ0) is 15.6. The highest BCUT2D eigenvalue weighted by molar-refractivity contribution is 5.46. The van der Waals surface area contributed by atoms with Gasteiger partial charge >= 0.3 is 6.18 Å². The number of nitrogens with one attached hydrogen (secondary N) is 1. The lowest BCUT2D eigenvalue weighted by atomic mass is 10.1. The molecule has 0 saturated heterocycles. The summed E-state index contributed by atoms with van der Waals surface area (Å²) in [4.78, 5) is 3.98. The van der Waals surface area contributed by atoms with Gasteiger partial charge in [-0.3, -0.25) is 0 Å². The molecule has 1 aromatic heterocycles. The third-order valence-electron chi connectivity index (χ3n) is 3.17. The summed E-state index contributed by atoms with van der Waals surface area (Å²) in [5.74, 6) is 0.522. The van der Waals surface area contributed by atoms with Gasteiger partial charge < -0.3 is 9.88 Å². The lowest BCUT2D eigenvalue weighted by Crippen LogP contribution is -2.22. The molecule has 21 heavy (non-hydrogen) atoms. The molecular formula is C15H18F3N3. The Morgan fingerprint density at radius 3 is 2.52 bits per heavy atom. The summed E-state index contributed by atoms with van der Waals surface area (Å²) in [6, 6.07) is 4.62. The predicted octanol–water partition coefficient (Wildman–Crippen LogP) is 3.70. The van der Waals surface area contributed by atoms with E-state index in [0.717, 1.165) is 0 Å². The molecule has 0 spiro atoms. The van der Waals surface area contributed by atoms with Crippen LogP contribution in [0.1, 0.15) is 30.8 Å². The zero-order valence-electron chi connectivity index (χ0n) is 12.2. The van der Waals surface area contributed by atoms with E-state index in [-0.39, 0.29) is 11.7 Å². The molecule has 2 rings (SSSR count). The van der Waals surface area contributed by atoms with Gasteiger partial charge in [-0.2, -0.15) is 13.2 Å². The lowest BCUT2D eigenvalue weighted by molar-refractivity contribution is -0.137. The first-order chi connectivity index (χ1) is 9.79. The van der Waals surface area contributed by atoms with E-state index in [1.54, 1.807) is 13.0 Å². The highest BCUT2D eigenvalue weighted by Crippen LogP contribution is 2.34. The van der Waals surface area contributed by atoms with Gasteiger partial charge in [0.15, 0.2) is 0 Å². The van der Waals surface area contributed by atoms with Gasteiger partial charge in [-0.25, -0.2) is 4.98 Å². The van der Waals surface area contributed by atoms with E-state index in [1.165, 1.54) is 29.1 Å². The molecule has 0 aliphatic carbocycles. The Morgan fingerprint density at radius 2 is 2.00 bits per heavy atom. The van der Waals surface area contributed by atoms with Gasteiger partial charge in [0.05, 0.1) is 11.3 Å². The molecule has 0 bridgehead atoms. The van der Waals surface area contributed by atoms with Crippen molar-refractivity contribution in [2.75, 3.05) is 0 Å². The van der Waals surface area contributed by atoms with Crippen LogP contribution in [-0.2, 0) is 12.7 Å². The smallest absolute Gasteiger partial charge is 0.310 e. The zero-order valence-corrected chi connectivity index (χ0v) is 12.2. The van der Waals surface area contributed by atoms with Crippen LogP contribution in [0.4, 0.5) is 13.2 Å². The molecule has 0 fully saturated rings. The van der Waals surface area contributed by atoms with E-state index in [1.807, 2.05) is 13.8 Å². The van der Waals surface area contributed by atoms with E-state index >= 15 is 0 Å². The Morgan fingerprint density at radius 1 is 1.29 bits per heavy atom. The predicted molar refractivity (Wildman–Crippen MR) is 75.3 cm³/mol. The molecule has 6 heteroatoms. The second-order valence-corrected chi connectivity index (χ2v) is 5.23. The minimum absolute atomic E-state index is 0.103. The number of rotatable bonds is 4. The number of aromatic nitrogens is 2. The highest BCUT2D eigenvalue weighted by atomic mass is 19.4. The molecule has 0 radical (unpaired) electrons. The standard InChI is InChI=1S/C15H18F3N3/c1-10(2)20-9-12-4-5-14(13(8-12)15(16,17)18)21-7-6-19-11(21)3/h4-8,10,20H,9H2,1-3H3. The average Bonchev–Trinajstić information content (AvgIpc) is 2.81. The monoisotopic (exact) mass is 297 g/mol. The molecule has 1 N–H and O–H groups in total. The fraction of sp³-hybridized carbons (Fsp3) is 0.400. The van der Waals surface area contributed by atoms with Crippen molar-refractivity contribution in [2.45, 2.75) is 39.5 Å². The molecule has 0 amide bonds. The molecule has 2 aromatic rings. The molecule has 3 nitrogen and oxygen atoms in total. The van der Waals surface area contributed by atoms with Crippen molar-refractivity contribution in [1.82, 2.24) is 14.9 Å². The van der Waals surface area contributed by atoms with Crippen LogP contribution in [-0.4, -0.2) is 15.6 Å². The maximum Gasteiger partial charge on any atom is 0.418 e. The minimum Gasteiger partial charge on any atom is -0.310 e. The average molecular weight is 297 g/mol. The first kappa shape index (κ1) is 15.6. The summed E-state index contributed by atoms with van der Waals surface area (Å²) < 4.78 is 41.3. The number of nitrogens with zero attached hydrogens (tertiary/aromatic N) is 2. The Labute approximate surface area is 121 Å². The number of hydrogen-bond donors (Lipinski definition) is 1. The number of alkyl halides is 3. The minimum atomic E-state index is -4.40. The van der Waals surface area contributed by atoms with Gasteiger partial charge in [-0.05, 0) is 24.6 Å². The summed E-state index contributed by atoms with van der Waals surface area (Å²) in [6.07, 6.45) is -1.38. The van der Waals surface area contributed by atoms with E-state index in [4.69, 9.17) is 0 Å². The molecule has 1 heterocycles. The molecular weight excluding hydrogens is 279 g/mol. The van der Waals surface area contributed by atoms with E-state index in [9.17, 15) is 13.2 Å². The fourth-order valence-electron chi connectivity index (χ4n) is 2.08. The normalized spacial score (nSPS) is 12.1. The van der Waals surface area contributed by atoms with Gasteiger partial charge in [0.25, 0.3) is 0 Å². The van der Waals surface area contributed by atoms with Crippen molar-refractivity contribution in [3.8, 4) is 5.69 Å². The van der Waals surface area contributed by atoms with E-state index < -0.39 is 11.7 Å².